The summed E-state index contributed by atoms with van der Waals surface area (Å²) in [6.07, 6.45) is 1.56. The second-order valence-electron chi connectivity index (χ2n) is 6.42. The molecule has 0 N–H and O–H groups in total. The Morgan fingerprint density at radius 3 is 2.68 bits per heavy atom. The SMILES string of the molecule is CC(C)(C)COC1=NC(C(=O)OCc2ccccc2)CN=C1. The number of carbonyl (C=O) groups excluding carboxylic acids is 1. The summed E-state index contributed by atoms with van der Waals surface area (Å²) in [5.41, 5.74) is 0.972. The first kappa shape index (κ1) is 16.2. The first-order chi connectivity index (χ1) is 10.4. The molecule has 1 aliphatic heterocycles. The first-order valence-corrected chi connectivity index (χ1v) is 7.35. The number of hydrogen-bond donors (Lipinski definition) is 0. The van der Waals surface area contributed by atoms with Gasteiger partial charge in [-0.1, -0.05) is 51.1 Å². The van der Waals surface area contributed by atoms with Crippen molar-refractivity contribution in [2.24, 2.45) is 15.4 Å². The summed E-state index contributed by atoms with van der Waals surface area (Å²) < 4.78 is 10.9. The van der Waals surface area contributed by atoms with Crippen LogP contribution in [0.2, 0.25) is 0 Å². The number of carbonyl (C=O) groups is 1. The van der Waals surface area contributed by atoms with E-state index in [1.165, 1.54) is 0 Å². The molecular formula is C17H22N2O3. The fourth-order valence-electron chi connectivity index (χ4n) is 1.78. The van der Waals surface area contributed by atoms with Crippen molar-refractivity contribution in [3.05, 3.63) is 35.9 Å². The molecule has 5 nitrogen and oxygen atoms in total. The van der Waals surface area contributed by atoms with Gasteiger partial charge in [-0.05, 0) is 11.0 Å². The molecule has 1 atom stereocenters. The highest BCUT2D eigenvalue weighted by Gasteiger charge is 2.23. The normalized spacial score (nSPS) is 17.8. The molecule has 0 radical (unpaired) electrons. The second kappa shape index (κ2) is 7.20. The van der Waals surface area contributed by atoms with Gasteiger partial charge in [0.25, 0.3) is 0 Å². The lowest BCUT2D eigenvalue weighted by molar-refractivity contribution is -0.146. The molecule has 0 amide bonds. The van der Waals surface area contributed by atoms with Gasteiger partial charge in [0, 0.05) is 0 Å². The summed E-state index contributed by atoms with van der Waals surface area (Å²) in [5.74, 6) is 0.0143. The van der Waals surface area contributed by atoms with Crippen LogP contribution in [0, 0.1) is 5.41 Å². The molecular weight excluding hydrogens is 280 g/mol. The van der Waals surface area contributed by atoms with E-state index in [0.717, 1.165) is 5.56 Å². The third kappa shape index (κ3) is 5.31. The lowest BCUT2D eigenvalue weighted by Gasteiger charge is -2.20. The van der Waals surface area contributed by atoms with E-state index in [4.69, 9.17) is 9.47 Å². The van der Waals surface area contributed by atoms with Crippen molar-refractivity contribution in [3.8, 4) is 0 Å². The Morgan fingerprint density at radius 2 is 2.00 bits per heavy atom. The smallest absolute Gasteiger partial charge is 0.333 e. The molecule has 0 aromatic heterocycles. The number of ether oxygens (including phenoxy) is 2. The third-order valence-electron chi connectivity index (χ3n) is 2.91. The van der Waals surface area contributed by atoms with Gasteiger partial charge in [0.05, 0.1) is 19.4 Å². The molecule has 1 heterocycles. The van der Waals surface area contributed by atoms with E-state index in [1.807, 2.05) is 30.3 Å². The zero-order valence-corrected chi connectivity index (χ0v) is 13.3. The van der Waals surface area contributed by atoms with Gasteiger partial charge in [0.2, 0.25) is 5.90 Å². The quantitative estimate of drug-likeness (QED) is 0.803. The molecule has 0 aliphatic carbocycles. The molecule has 0 saturated carbocycles. The average molecular weight is 302 g/mol. The summed E-state index contributed by atoms with van der Waals surface area (Å²) in [6, 6.07) is 8.93. The van der Waals surface area contributed by atoms with Crippen LogP contribution in [0.25, 0.3) is 0 Å². The van der Waals surface area contributed by atoms with E-state index in [1.54, 1.807) is 6.21 Å². The Labute approximate surface area is 131 Å². The Balaban J connectivity index is 1.87. The van der Waals surface area contributed by atoms with E-state index >= 15 is 0 Å². The number of rotatable bonds is 4. The van der Waals surface area contributed by atoms with Crippen molar-refractivity contribution in [1.29, 1.82) is 0 Å². The number of nitrogens with zero attached hydrogens (tertiary/aromatic N) is 2. The predicted octanol–water partition coefficient (Wildman–Crippen LogP) is 2.64. The van der Waals surface area contributed by atoms with Gasteiger partial charge in [-0.2, -0.15) is 0 Å². The zero-order valence-electron chi connectivity index (χ0n) is 13.3. The van der Waals surface area contributed by atoms with Crippen molar-refractivity contribution < 1.29 is 14.3 Å². The predicted molar refractivity (Wildman–Crippen MR) is 86.2 cm³/mol. The molecule has 1 aromatic rings. The number of benzene rings is 1. The van der Waals surface area contributed by atoms with Crippen LogP contribution in [0.1, 0.15) is 26.3 Å². The van der Waals surface area contributed by atoms with Crippen molar-refractivity contribution >= 4 is 18.1 Å². The molecule has 0 saturated heterocycles. The van der Waals surface area contributed by atoms with Crippen LogP contribution in [-0.4, -0.2) is 37.3 Å². The number of hydrogen-bond acceptors (Lipinski definition) is 5. The highest BCUT2D eigenvalue weighted by molar-refractivity contribution is 6.27. The van der Waals surface area contributed by atoms with Gasteiger partial charge < -0.3 is 9.47 Å². The molecule has 1 aliphatic rings. The van der Waals surface area contributed by atoms with E-state index in [2.05, 4.69) is 30.8 Å². The van der Waals surface area contributed by atoms with Crippen molar-refractivity contribution in [2.45, 2.75) is 33.4 Å². The molecule has 22 heavy (non-hydrogen) atoms. The molecule has 1 unspecified atom stereocenters. The van der Waals surface area contributed by atoms with Crippen LogP contribution in [0.4, 0.5) is 0 Å². The van der Waals surface area contributed by atoms with Crippen molar-refractivity contribution in [2.75, 3.05) is 13.2 Å². The molecule has 118 valence electrons. The Bertz CT molecular complexity index is 559. The van der Waals surface area contributed by atoms with Crippen LogP contribution in [-0.2, 0) is 20.9 Å². The molecule has 0 spiro atoms. The van der Waals surface area contributed by atoms with Gasteiger partial charge in [-0.15, -0.1) is 0 Å². The van der Waals surface area contributed by atoms with E-state index < -0.39 is 6.04 Å². The lowest BCUT2D eigenvalue weighted by Crippen LogP contribution is -2.31. The van der Waals surface area contributed by atoms with Crippen LogP contribution in [0.5, 0.6) is 0 Å². The van der Waals surface area contributed by atoms with Crippen LogP contribution in [0.15, 0.2) is 40.3 Å². The standard InChI is InChI=1S/C17H22N2O3/c1-17(2,3)12-22-15-10-18-9-14(19-15)16(20)21-11-13-7-5-4-6-8-13/h4-8,10,14H,9,11-12H2,1-3H3. The topological polar surface area (TPSA) is 60.2 Å². The summed E-state index contributed by atoms with van der Waals surface area (Å²) >= 11 is 0. The van der Waals surface area contributed by atoms with Gasteiger partial charge in [-0.3, -0.25) is 4.99 Å². The van der Waals surface area contributed by atoms with Crippen LogP contribution >= 0.6 is 0 Å². The monoisotopic (exact) mass is 302 g/mol. The van der Waals surface area contributed by atoms with Gasteiger partial charge in [0.1, 0.15) is 6.61 Å². The number of aliphatic imine (C=N–C) groups is 2. The summed E-state index contributed by atoms with van der Waals surface area (Å²) in [4.78, 5) is 20.5. The molecule has 1 aromatic carbocycles. The second-order valence-corrected chi connectivity index (χ2v) is 6.42. The van der Waals surface area contributed by atoms with Crippen molar-refractivity contribution in [3.63, 3.8) is 0 Å². The van der Waals surface area contributed by atoms with E-state index in [0.29, 0.717) is 19.0 Å². The molecule has 0 bridgehead atoms. The number of esters is 1. The van der Waals surface area contributed by atoms with Gasteiger partial charge >= 0.3 is 5.97 Å². The minimum atomic E-state index is -0.622. The lowest BCUT2D eigenvalue weighted by atomic mass is 9.99. The molecule has 2 rings (SSSR count). The van der Waals surface area contributed by atoms with E-state index in [9.17, 15) is 4.79 Å². The maximum Gasteiger partial charge on any atom is 0.333 e. The molecule has 0 fully saturated rings. The van der Waals surface area contributed by atoms with Gasteiger partial charge in [0.15, 0.2) is 6.04 Å². The highest BCUT2D eigenvalue weighted by atomic mass is 16.5. The van der Waals surface area contributed by atoms with Crippen LogP contribution in [0.3, 0.4) is 0 Å². The first-order valence-electron chi connectivity index (χ1n) is 7.35. The molecule has 5 heteroatoms. The van der Waals surface area contributed by atoms with Crippen LogP contribution < -0.4 is 0 Å². The fraction of sp³-hybridized carbons (Fsp3) is 0.471. The van der Waals surface area contributed by atoms with Crippen molar-refractivity contribution in [1.82, 2.24) is 0 Å². The largest absolute Gasteiger partial charge is 0.476 e. The Hall–Kier alpha value is -2.17. The zero-order chi connectivity index (χ0) is 16.0. The highest BCUT2D eigenvalue weighted by Crippen LogP contribution is 2.14. The average Bonchev–Trinajstić information content (AvgIpc) is 2.51. The Kier molecular flexibility index (Phi) is 5.31. The van der Waals surface area contributed by atoms with E-state index in [-0.39, 0.29) is 18.0 Å². The summed E-state index contributed by atoms with van der Waals surface area (Å²) in [6.45, 7) is 7.27. The minimum absolute atomic E-state index is 0.0249. The maximum atomic E-state index is 12.1. The summed E-state index contributed by atoms with van der Waals surface area (Å²) in [7, 11) is 0. The third-order valence-corrected chi connectivity index (χ3v) is 2.91. The minimum Gasteiger partial charge on any atom is -0.476 e. The Morgan fingerprint density at radius 1 is 1.27 bits per heavy atom. The maximum absolute atomic E-state index is 12.1. The van der Waals surface area contributed by atoms with Gasteiger partial charge in [-0.25, -0.2) is 9.79 Å². The summed E-state index contributed by atoms with van der Waals surface area (Å²) in [5, 5.41) is 0. The fourth-order valence-corrected chi connectivity index (χ4v) is 1.78.